The topological polar surface area (TPSA) is 110 Å². The molecule has 1 aliphatic carbocycles. The molecule has 1 rings (SSSR count). The minimum Gasteiger partial charge on any atom is -0.459 e. The summed E-state index contributed by atoms with van der Waals surface area (Å²) in [6.45, 7) is 10.2. The Labute approximate surface area is 186 Å². The Balaban J connectivity index is 2.47. The monoisotopic (exact) mass is 440 g/mol. The SMILES string of the molecule is CCOC(C)COC(C)COC(C)COC(=O)/C(C=N)=C1\C=C(NCCCO)CCC1. The highest BCUT2D eigenvalue weighted by molar-refractivity contribution is 6.09. The third-order valence-corrected chi connectivity index (χ3v) is 4.77. The zero-order valence-corrected chi connectivity index (χ0v) is 19.4. The van der Waals surface area contributed by atoms with Crippen LogP contribution in [0.3, 0.4) is 0 Å². The molecule has 0 saturated carbocycles. The molecule has 3 atom stereocenters. The molecule has 0 saturated heterocycles. The molecular weight excluding hydrogens is 400 g/mol. The zero-order valence-electron chi connectivity index (χ0n) is 19.4. The molecule has 0 heterocycles. The van der Waals surface area contributed by atoms with Crippen LogP contribution in [0.2, 0.25) is 0 Å². The summed E-state index contributed by atoms with van der Waals surface area (Å²) in [7, 11) is 0. The van der Waals surface area contributed by atoms with Crippen molar-refractivity contribution in [3.8, 4) is 0 Å². The summed E-state index contributed by atoms with van der Waals surface area (Å²) in [4.78, 5) is 12.5. The molecular formula is C23H40N2O6. The summed E-state index contributed by atoms with van der Waals surface area (Å²) >= 11 is 0. The molecule has 0 aliphatic heterocycles. The van der Waals surface area contributed by atoms with Gasteiger partial charge in [-0.2, -0.15) is 0 Å². The van der Waals surface area contributed by atoms with Crippen LogP contribution < -0.4 is 5.32 Å². The fourth-order valence-corrected chi connectivity index (χ4v) is 3.09. The number of esters is 1. The minimum atomic E-state index is -0.511. The molecule has 3 unspecified atom stereocenters. The Morgan fingerprint density at radius 2 is 1.77 bits per heavy atom. The van der Waals surface area contributed by atoms with Gasteiger partial charge in [0.2, 0.25) is 0 Å². The molecule has 1 aliphatic rings. The molecule has 0 radical (unpaired) electrons. The van der Waals surface area contributed by atoms with E-state index in [1.807, 2.05) is 33.8 Å². The Bertz CT molecular complexity index is 605. The summed E-state index contributed by atoms with van der Waals surface area (Å²) in [6.07, 6.45) is 5.84. The highest BCUT2D eigenvalue weighted by Gasteiger charge is 2.18. The van der Waals surface area contributed by atoms with Gasteiger partial charge in [-0.25, -0.2) is 4.79 Å². The van der Waals surface area contributed by atoms with Crippen LogP contribution in [-0.4, -0.2) is 75.2 Å². The first-order valence-corrected chi connectivity index (χ1v) is 11.2. The van der Waals surface area contributed by atoms with E-state index in [2.05, 4.69) is 5.32 Å². The lowest BCUT2D eigenvalue weighted by Crippen LogP contribution is -2.27. The average molecular weight is 441 g/mol. The van der Waals surface area contributed by atoms with Crippen molar-refractivity contribution >= 4 is 12.2 Å². The Kier molecular flexibility index (Phi) is 14.1. The number of aliphatic hydroxyl groups excluding tert-OH is 1. The number of carbonyl (C=O) groups is 1. The number of aliphatic hydroxyl groups is 1. The van der Waals surface area contributed by atoms with Gasteiger partial charge in [0.05, 0.1) is 37.1 Å². The van der Waals surface area contributed by atoms with E-state index < -0.39 is 5.97 Å². The van der Waals surface area contributed by atoms with Crippen molar-refractivity contribution in [3.05, 3.63) is 22.9 Å². The van der Waals surface area contributed by atoms with Gasteiger partial charge in [0.25, 0.3) is 0 Å². The molecule has 3 N–H and O–H groups in total. The van der Waals surface area contributed by atoms with Gasteiger partial charge < -0.3 is 34.8 Å². The van der Waals surface area contributed by atoms with Gasteiger partial charge in [0, 0.05) is 31.7 Å². The van der Waals surface area contributed by atoms with Crippen LogP contribution in [0, 0.1) is 5.41 Å². The predicted molar refractivity (Wildman–Crippen MR) is 120 cm³/mol. The van der Waals surface area contributed by atoms with Gasteiger partial charge in [-0.05, 0) is 65.0 Å². The van der Waals surface area contributed by atoms with E-state index >= 15 is 0 Å². The fraction of sp³-hybridized carbons (Fsp3) is 0.739. The molecule has 0 aromatic carbocycles. The van der Waals surface area contributed by atoms with Crippen LogP contribution in [0.1, 0.15) is 53.4 Å². The summed E-state index contributed by atoms with van der Waals surface area (Å²) < 4.78 is 22.2. The third-order valence-electron chi connectivity index (χ3n) is 4.77. The van der Waals surface area contributed by atoms with Gasteiger partial charge in [-0.15, -0.1) is 0 Å². The van der Waals surface area contributed by atoms with Crippen LogP contribution >= 0.6 is 0 Å². The van der Waals surface area contributed by atoms with Crippen LogP contribution in [-0.2, 0) is 23.7 Å². The molecule has 0 amide bonds. The first-order valence-electron chi connectivity index (χ1n) is 11.2. The highest BCUT2D eigenvalue weighted by atomic mass is 16.6. The van der Waals surface area contributed by atoms with Crippen molar-refractivity contribution in [1.82, 2.24) is 5.32 Å². The number of carbonyl (C=O) groups excluding carboxylic acids is 1. The first kappa shape index (κ1) is 27.3. The second-order valence-corrected chi connectivity index (χ2v) is 7.76. The van der Waals surface area contributed by atoms with E-state index in [1.54, 1.807) is 0 Å². The summed E-state index contributed by atoms with van der Waals surface area (Å²) in [6, 6.07) is 0. The van der Waals surface area contributed by atoms with Crippen LogP contribution in [0.4, 0.5) is 0 Å². The quantitative estimate of drug-likeness (QED) is 0.146. The number of hydrogen-bond donors (Lipinski definition) is 3. The normalized spacial score (nSPS) is 18.5. The molecule has 0 aromatic rings. The lowest BCUT2D eigenvalue weighted by Gasteiger charge is -2.20. The Morgan fingerprint density at radius 3 is 2.39 bits per heavy atom. The maximum Gasteiger partial charge on any atom is 0.340 e. The number of nitrogens with one attached hydrogen (secondary N) is 2. The largest absolute Gasteiger partial charge is 0.459 e. The molecule has 8 heteroatoms. The molecule has 31 heavy (non-hydrogen) atoms. The standard InChI is InChI=1S/C23H40N2O6/c1-5-28-17(2)14-29-18(3)15-30-19(4)16-31-23(27)22(13-24)20-8-6-9-21(12-20)25-10-7-11-26/h12-13,17-19,24-26H,5-11,14-16H2,1-4H3/b22-20-,24-13?. The highest BCUT2D eigenvalue weighted by Crippen LogP contribution is 2.23. The molecule has 0 aromatic heterocycles. The van der Waals surface area contributed by atoms with Gasteiger partial charge >= 0.3 is 5.97 Å². The maximum atomic E-state index is 12.5. The smallest absolute Gasteiger partial charge is 0.340 e. The van der Waals surface area contributed by atoms with Gasteiger partial charge in [-0.3, -0.25) is 0 Å². The lowest BCUT2D eigenvalue weighted by molar-refractivity contribution is -0.143. The summed E-state index contributed by atoms with van der Waals surface area (Å²) in [5.74, 6) is -0.511. The number of hydrogen-bond acceptors (Lipinski definition) is 8. The van der Waals surface area contributed by atoms with E-state index in [0.29, 0.717) is 32.8 Å². The molecule has 0 bridgehead atoms. The third kappa shape index (κ3) is 11.4. The molecule has 0 spiro atoms. The van der Waals surface area contributed by atoms with Crippen molar-refractivity contribution < 1.29 is 28.8 Å². The second kappa shape index (κ2) is 16.0. The Hall–Kier alpha value is -1.74. The van der Waals surface area contributed by atoms with Gasteiger partial charge in [-0.1, -0.05) is 0 Å². The van der Waals surface area contributed by atoms with Crippen molar-refractivity contribution in [3.63, 3.8) is 0 Å². The Morgan fingerprint density at radius 1 is 1.13 bits per heavy atom. The minimum absolute atomic E-state index is 0.0395. The average Bonchev–Trinajstić information content (AvgIpc) is 2.76. The van der Waals surface area contributed by atoms with Crippen molar-refractivity contribution in [2.24, 2.45) is 0 Å². The van der Waals surface area contributed by atoms with E-state index in [-0.39, 0.29) is 37.1 Å². The maximum absolute atomic E-state index is 12.5. The number of allylic oxidation sites excluding steroid dienone is 3. The van der Waals surface area contributed by atoms with Crippen LogP contribution in [0.15, 0.2) is 22.9 Å². The van der Waals surface area contributed by atoms with Crippen molar-refractivity contribution in [2.75, 3.05) is 39.6 Å². The first-order chi connectivity index (χ1) is 14.9. The lowest BCUT2D eigenvalue weighted by atomic mass is 9.95. The number of rotatable bonds is 16. The fourth-order valence-electron chi connectivity index (χ4n) is 3.09. The van der Waals surface area contributed by atoms with E-state index in [0.717, 1.165) is 36.7 Å². The number of ether oxygens (including phenoxy) is 4. The summed E-state index contributed by atoms with van der Waals surface area (Å²) in [5, 5.41) is 19.8. The summed E-state index contributed by atoms with van der Waals surface area (Å²) in [5.41, 5.74) is 2.10. The van der Waals surface area contributed by atoms with Crippen molar-refractivity contribution in [2.45, 2.75) is 71.7 Å². The van der Waals surface area contributed by atoms with E-state index in [4.69, 9.17) is 29.5 Å². The van der Waals surface area contributed by atoms with Crippen LogP contribution in [0.25, 0.3) is 0 Å². The van der Waals surface area contributed by atoms with Crippen molar-refractivity contribution in [1.29, 1.82) is 5.41 Å². The van der Waals surface area contributed by atoms with Gasteiger partial charge in [0.1, 0.15) is 6.61 Å². The molecule has 178 valence electrons. The second-order valence-electron chi connectivity index (χ2n) is 7.76. The van der Waals surface area contributed by atoms with Gasteiger partial charge in [0.15, 0.2) is 0 Å². The van der Waals surface area contributed by atoms with E-state index in [1.165, 1.54) is 0 Å². The molecule has 0 fully saturated rings. The molecule has 8 nitrogen and oxygen atoms in total. The van der Waals surface area contributed by atoms with E-state index in [9.17, 15) is 4.79 Å². The predicted octanol–water partition coefficient (Wildman–Crippen LogP) is 2.75. The van der Waals surface area contributed by atoms with Crippen LogP contribution in [0.5, 0.6) is 0 Å². The zero-order chi connectivity index (χ0) is 23.1.